The molecule has 0 saturated carbocycles. The van der Waals surface area contributed by atoms with Crippen molar-refractivity contribution in [3.05, 3.63) is 35.9 Å². The predicted octanol–water partition coefficient (Wildman–Crippen LogP) is 1.96. The molecule has 2 aliphatic rings. The highest BCUT2D eigenvalue weighted by Crippen LogP contribution is 2.36. The van der Waals surface area contributed by atoms with Gasteiger partial charge in [0.1, 0.15) is 0 Å². The molecule has 2 N–H and O–H groups in total. The molecule has 0 unspecified atom stereocenters. The minimum atomic E-state index is -0.440. The van der Waals surface area contributed by atoms with Crippen LogP contribution in [0.5, 0.6) is 0 Å². The van der Waals surface area contributed by atoms with Crippen molar-refractivity contribution < 1.29 is 9.59 Å². The first-order chi connectivity index (χ1) is 13.0. The van der Waals surface area contributed by atoms with Gasteiger partial charge >= 0.3 is 6.03 Å². The number of hydrogen-bond donors (Lipinski definition) is 2. The fourth-order valence-corrected chi connectivity index (χ4v) is 4.22. The van der Waals surface area contributed by atoms with E-state index in [0.29, 0.717) is 19.6 Å². The number of hydrogen-bond acceptors (Lipinski definition) is 3. The number of rotatable bonds is 4. The summed E-state index contributed by atoms with van der Waals surface area (Å²) in [5.74, 6) is 0.151. The third-order valence-corrected chi connectivity index (χ3v) is 6.05. The van der Waals surface area contributed by atoms with Gasteiger partial charge in [-0.15, -0.1) is 0 Å². The van der Waals surface area contributed by atoms with Gasteiger partial charge in [0.05, 0.1) is 5.41 Å². The maximum Gasteiger partial charge on any atom is 0.317 e. The second kappa shape index (κ2) is 8.74. The molecule has 6 heteroatoms. The number of benzene rings is 1. The van der Waals surface area contributed by atoms with E-state index < -0.39 is 5.41 Å². The molecule has 148 valence electrons. The van der Waals surface area contributed by atoms with Crippen molar-refractivity contribution in [2.24, 2.45) is 0 Å². The molecular formula is C21H32N4O2. The molecule has 0 spiro atoms. The summed E-state index contributed by atoms with van der Waals surface area (Å²) in [5, 5.41) is 6.17. The molecule has 6 nitrogen and oxygen atoms in total. The number of amides is 3. The summed E-state index contributed by atoms with van der Waals surface area (Å²) in [7, 11) is 2.11. The van der Waals surface area contributed by atoms with Crippen LogP contribution in [-0.4, -0.2) is 67.6 Å². The van der Waals surface area contributed by atoms with Crippen molar-refractivity contribution in [1.29, 1.82) is 0 Å². The number of urea groups is 1. The molecule has 27 heavy (non-hydrogen) atoms. The van der Waals surface area contributed by atoms with E-state index >= 15 is 0 Å². The Morgan fingerprint density at radius 2 is 1.70 bits per heavy atom. The first kappa shape index (κ1) is 19.7. The van der Waals surface area contributed by atoms with Gasteiger partial charge in [0, 0.05) is 25.7 Å². The van der Waals surface area contributed by atoms with Crippen LogP contribution in [0.3, 0.4) is 0 Å². The summed E-state index contributed by atoms with van der Waals surface area (Å²) in [6.45, 7) is 5.81. The van der Waals surface area contributed by atoms with E-state index in [0.717, 1.165) is 44.3 Å². The fraction of sp³-hybridized carbons (Fsp3) is 0.619. The topological polar surface area (TPSA) is 64.7 Å². The third kappa shape index (κ3) is 4.43. The number of nitrogens with one attached hydrogen (secondary N) is 2. The summed E-state index contributed by atoms with van der Waals surface area (Å²) >= 11 is 0. The Morgan fingerprint density at radius 3 is 2.30 bits per heavy atom. The van der Waals surface area contributed by atoms with Gasteiger partial charge in [-0.1, -0.05) is 30.3 Å². The lowest BCUT2D eigenvalue weighted by Gasteiger charge is -2.41. The van der Waals surface area contributed by atoms with Crippen molar-refractivity contribution in [3.63, 3.8) is 0 Å². The van der Waals surface area contributed by atoms with Crippen molar-refractivity contribution in [2.45, 2.75) is 44.1 Å². The van der Waals surface area contributed by atoms with Gasteiger partial charge in [0.2, 0.25) is 5.91 Å². The predicted molar refractivity (Wildman–Crippen MR) is 107 cm³/mol. The molecule has 1 aromatic carbocycles. The zero-order chi connectivity index (χ0) is 19.3. The molecule has 2 fully saturated rings. The van der Waals surface area contributed by atoms with Crippen LogP contribution in [0.1, 0.15) is 38.2 Å². The average Bonchev–Trinajstić information content (AvgIpc) is 2.70. The van der Waals surface area contributed by atoms with Crippen LogP contribution in [0.25, 0.3) is 0 Å². The van der Waals surface area contributed by atoms with Crippen LogP contribution in [-0.2, 0) is 10.2 Å². The number of likely N-dealkylation sites (tertiary alicyclic amines) is 2. The second-order valence-corrected chi connectivity index (χ2v) is 7.82. The zero-order valence-electron chi connectivity index (χ0n) is 16.5. The summed E-state index contributed by atoms with van der Waals surface area (Å²) in [6, 6.07) is 10.4. The van der Waals surface area contributed by atoms with Crippen LogP contribution in [0.15, 0.2) is 30.3 Å². The standard InChI is InChI=1S/C21H32N4O2/c1-3-22-20(27)25-13-9-18(10-14-25)23-19(26)21(11-15-24(2)16-12-21)17-7-5-4-6-8-17/h4-8,18H,3,9-16H2,1-2H3,(H,22,27)(H,23,26). The number of carbonyl (C=O) groups excluding carboxylic acids is 2. The monoisotopic (exact) mass is 372 g/mol. The quantitative estimate of drug-likeness (QED) is 0.849. The Bertz CT molecular complexity index is 633. The van der Waals surface area contributed by atoms with Gasteiger partial charge < -0.3 is 20.4 Å². The molecular weight excluding hydrogens is 340 g/mol. The Hall–Kier alpha value is -2.08. The Labute approximate surface area is 162 Å². The molecule has 2 heterocycles. The van der Waals surface area contributed by atoms with Gasteiger partial charge in [-0.25, -0.2) is 4.79 Å². The largest absolute Gasteiger partial charge is 0.352 e. The highest BCUT2D eigenvalue weighted by Gasteiger charge is 2.43. The van der Waals surface area contributed by atoms with E-state index in [1.54, 1.807) is 0 Å². The van der Waals surface area contributed by atoms with Gasteiger partial charge in [-0.2, -0.15) is 0 Å². The molecule has 0 aliphatic carbocycles. The fourth-order valence-electron chi connectivity index (χ4n) is 4.22. The van der Waals surface area contributed by atoms with Crippen molar-refractivity contribution in [2.75, 3.05) is 39.8 Å². The number of carbonyl (C=O) groups is 2. The maximum atomic E-state index is 13.4. The summed E-state index contributed by atoms with van der Waals surface area (Å²) < 4.78 is 0. The Balaban J connectivity index is 1.65. The number of piperidine rings is 2. The van der Waals surface area contributed by atoms with Gasteiger partial charge in [0.15, 0.2) is 0 Å². The van der Waals surface area contributed by atoms with Gasteiger partial charge in [-0.3, -0.25) is 4.79 Å². The third-order valence-electron chi connectivity index (χ3n) is 6.05. The van der Waals surface area contributed by atoms with Crippen LogP contribution >= 0.6 is 0 Å². The van der Waals surface area contributed by atoms with E-state index in [1.807, 2.05) is 30.0 Å². The minimum absolute atomic E-state index is 0.00153. The van der Waals surface area contributed by atoms with Crippen LogP contribution in [0.4, 0.5) is 4.79 Å². The van der Waals surface area contributed by atoms with Crippen molar-refractivity contribution in [3.8, 4) is 0 Å². The average molecular weight is 373 g/mol. The summed E-state index contributed by atoms with van der Waals surface area (Å²) in [4.78, 5) is 29.5. The lowest BCUT2D eigenvalue weighted by atomic mass is 9.72. The molecule has 3 amide bonds. The molecule has 3 rings (SSSR count). The van der Waals surface area contributed by atoms with E-state index in [2.05, 4.69) is 34.7 Å². The van der Waals surface area contributed by atoms with Crippen molar-refractivity contribution >= 4 is 11.9 Å². The normalized spacial score (nSPS) is 20.9. The smallest absolute Gasteiger partial charge is 0.317 e. The Morgan fingerprint density at radius 1 is 1.07 bits per heavy atom. The van der Waals surface area contributed by atoms with E-state index in [9.17, 15) is 9.59 Å². The van der Waals surface area contributed by atoms with E-state index in [-0.39, 0.29) is 18.0 Å². The van der Waals surface area contributed by atoms with E-state index in [4.69, 9.17) is 0 Å². The lowest BCUT2D eigenvalue weighted by molar-refractivity contribution is -0.129. The highest BCUT2D eigenvalue weighted by atomic mass is 16.2. The zero-order valence-corrected chi connectivity index (χ0v) is 16.5. The molecule has 0 radical (unpaired) electrons. The Kier molecular flexibility index (Phi) is 6.37. The molecule has 2 aliphatic heterocycles. The molecule has 0 aromatic heterocycles. The second-order valence-electron chi connectivity index (χ2n) is 7.82. The van der Waals surface area contributed by atoms with Crippen LogP contribution < -0.4 is 10.6 Å². The minimum Gasteiger partial charge on any atom is -0.352 e. The van der Waals surface area contributed by atoms with Gasteiger partial charge in [0.25, 0.3) is 0 Å². The van der Waals surface area contributed by atoms with Crippen LogP contribution in [0, 0.1) is 0 Å². The van der Waals surface area contributed by atoms with Gasteiger partial charge in [-0.05, 0) is 58.3 Å². The van der Waals surface area contributed by atoms with Crippen molar-refractivity contribution in [1.82, 2.24) is 20.4 Å². The molecule has 0 atom stereocenters. The highest BCUT2D eigenvalue weighted by molar-refractivity contribution is 5.88. The molecule has 1 aromatic rings. The first-order valence-corrected chi connectivity index (χ1v) is 10.1. The van der Waals surface area contributed by atoms with E-state index in [1.165, 1.54) is 0 Å². The van der Waals surface area contributed by atoms with Crippen LogP contribution in [0.2, 0.25) is 0 Å². The maximum absolute atomic E-state index is 13.4. The molecule has 0 bridgehead atoms. The SMILES string of the molecule is CCNC(=O)N1CCC(NC(=O)C2(c3ccccc3)CCN(C)CC2)CC1. The molecule has 2 saturated heterocycles. The first-order valence-electron chi connectivity index (χ1n) is 10.1. The number of nitrogens with zero attached hydrogens (tertiary/aromatic N) is 2. The summed E-state index contributed by atoms with van der Waals surface area (Å²) in [6.07, 6.45) is 3.31. The summed E-state index contributed by atoms with van der Waals surface area (Å²) in [5.41, 5.74) is 0.681. The lowest BCUT2D eigenvalue weighted by Crippen LogP contribution is -2.55.